The first-order chi connectivity index (χ1) is 14.7. The average molecular weight is 516 g/mol. The number of thiazole rings is 1. The van der Waals surface area contributed by atoms with Crippen molar-refractivity contribution in [3.8, 4) is 5.75 Å². The van der Waals surface area contributed by atoms with Gasteiger partial charge in [-0.1, -0.05) is 22.0 Å². The lowest BCUT2D eigenvalue weighted by atomic mass is 10.0. The molecule has 162 valence electrons. The molecule has 0 spiro atoms. The van der Waals surface area contributed by atoms with E-state index >= 15 is 0 Å². The molecule has 10 heteroatoms. The lowest BCUT2D eigenvalue weighted by molar-refractivity contribution is -0.138. The Hall–Kier alpha value is -2.46. The Balaban J connectivity index is 1.43. The van der Waals surface area contributed by atoms with Crippen molar-refractivity contribution in [3.63, 3.8) is 0 Å². The van der Waals surface area contributed by atoms with Crippen molar-refractivity contribution in [1.29, 1.82) is 0 Å². The van der Waals surface area contributed by atoms with Gasteiger partial charge in [0.15, 0.2) is 5.69 Å². The van der Waals surface area contributed by atoms with E-state index in [1.165, 1.54) is 53.1 Å². The minimum absolute atomic E-state index is 0.0575. The van der Waals surface area contributed by atoms with E-state index < -0.39 is 23.3 Å². The molecular formula is C21H14BrF4NO3S. The molecule has 1 fully saturated rings. The second-order valence-corrected chi connectivity index (χ2v) is 8.74. The van der Waals surface area contributed by atoms with E-state index in [1.807, 2.05) is 0 Å². The van der Waals surface area contributed by atoms with Gasteiger partial charge >= 0.3 is 12.1 Å². The lowest BCUT2D eigenvalue weighted by Gasteiger charge is -2.19. The first kappa shape index (κ1) is 21.8. The van der Waals surface area contributed by atoms with Crippen LogP contribution in [0.15, 0.2) is 52.3 Å². The first-order valence-corrected chi connectivity index (χ1v) is 10.8. The van der Waals surface area contributed by atoms with E-state index in [0.717, 1.165) is 6.07 Å². The van der Waals surface area contributed by atoms with Crippen molar-refractivity contribution in [2.45, 2.75) is 31.2 Å². The molecule has 0 atom stereocenters. The van der Waals surface area contributed by atoms with Crippen molar-refractivity contribution in [3.05, 3.63) is 80.0 Å². The molecule has 0 aliphatic heterocycles. The summed E-state index contributed by atoms with van der Waals surface area (Å²) < 4.78 is 63.5. The van der Waals surface area contributed by atoms with Crippen molar-refractivity contribution in [2.75, 3.05) is 0 Å². The Bertz CT molecular complexity index is 1110. The van der Waals surface area contributed by atoms with Crippen LogP contribution in [-0.2, 0) is 23.1 Å². The average Bonchev–Trinajstić information content (AvgIpc) is 3.33. The van der Waals surface area contributed by atoms with Crippen LogP contribution in [0, 0.1) is 5.82 Å². The fraction of sp³-hybridized carbons (Fsp3) is 0.238. The fourth-order valence-corrected chi connectivity index (χ4v) is 4.11. The number of benzene rings is 2. The number of alkyl halides is 3. The van der Waals surface area contributed by atoms with Crippen LogP contribution in [-0.4, -0.2) is 11.0 Å². The molecule has 0 amide bonds. The predicted octanol–water partition coefficient (Wildman–Crippen LogP) is 6.49. The predicted molar refractivity (Wildman–Crippen MR) is 108 cm³/mol. The smallest absolute Gasteiger partial charge is 0.417 e. The summed E-state index contributed by atoms with van der Waals surface area (Å²) in [5.41, 5.74) is -1.54. The molecule has 0 saturated heterocycles. The van der Waals surface area contributed by atoms with E-state index in [9.17, 15) is 22.4 Å². The largest absolute Gasteiger partial charge is 0.486 e. The van der Waals surface area contributed by atoms with Crippen LogP contribution in [0.1, 0.15) is 39.5 Å². The number of carbonyl (C=O) groups excluding carboxylic acids is 1. The molecule has 4 rings (SSSR count). The molecule has 1 aliphatic rings. The Labute approximate surface area is 187 Å². The van der Waals surface area contributed by atoms with E-state index in [1.54, 1.807) is 0 Å². The number of nitrogens with zero attached hydrogens (tertiary/aromatic N) is 1. The van der Waals surface area contributed by atoms with Crippen LogP contribution in [0.4, 0.5) is 17.6 Å². The topological polar surface area (TPSA) is 48.4 Å². The van der Waals surface area contributed by atoms with Gasteiger partial charge in [-0.15, -0.1) is 11.3 Å². The quantitative estimate of drug-likeness (QED) is 0.278. The molecule has 4 nitrogen and oxygen atoms in total. The standard InChI is InChI=1S/C21H14BrF4NO3S/c22-16-6-1-12(9-15(16)21(24,25)26)20(7-8-20)30-19(28)17-11-31-18(27-17)10-29-14-4-2-13(23)3-5-14/h1-6,9,11H,7-8,10H2. The Morgan fingerprint density at radius 2 is 1.87 bits per heavy atom. The molecule has 1 heterocycles. The molecule has 2 aromatic carbocycles. The third kappa shape index (κ3) is 4.90. The van der Waals surface area contributed by atoms with Crippen LogP contribution in [0.3, 0.4) is 0 Å². The summed E-state index contributed by atoms with van der Waals surface area (Å²) in [5.74, 6) is -0.639. The SMILES string of the molecule is O=C(OC1(c2ccc(Br)c(C(F)(F)F)c2)CC1)c1csc(COc2ccc(F)cc2)n1. The monoisotopic (exact) mass is 515 g/mol. The maximum Gasteiger partial charge on any atom is 0.417 e. The summed E-state index contributed by atoms with van der Waals surface area (Å²) in [7, 11) is 0. The number of halogens is 5. The maximum atomic E-state index is 13.2. The van der Waals surface area contributed by atoms with Gasteiger partial charge in [0.1, 0.15) is 28.8 Å². The molecule has 0 radical (unpaired) electrons. The minimum Gasteiger partial charge on any atom is -0.486 e. The highest BCUT2D eigenvalue weighted by molar-refractivity contribution is 9.10. The van der Waals surface area contributed by atoms with E-state index in [2.05, 4.69) is 20.9 Å². The molecular weight excluding hydrogens is 502 g/mol. The van der Waals surface area contributed by atoms with Crippen LogP contribution >= 0.6 is 27.3 Å². The summed E-state index contributed by atoms with van der Waals surface area (Å²) in [4.78, 5) is 16.7. The Kier molecular flexibility index (Phi) is 5.78. The number of rotatable bonds is 6. The van der Waals surface area contributed by atoms with Crippen LogP contribution in [0.5, 0.6) is 5.75 Å². The second kappa shape index (κ2) is 8.23. The number of hydrogen-bond donors (Lipinski definition) is 0. The highest BCUT2D eigenvalue weighted by Crippen LogP contribution is 2.51. The van der Waals surface area contributed by atoms with Crippen molar-refractivity contribution in [2.24, 2.45) is 0 Å². The first-order valence-electron chi connectivity index (χ1n) is 9.10. The zero-order valence-electron chi connectivity index (χ0n) is 15.7. The Morgan fingerprint density at radius 3 is 2.52 bits per heavy atom. The van der Waals surface area contributed by atoms with Gasteiger partial charge in [-0.3, -0.25) is 0 Å². The summed E-state index contributed by atoms with van der Waals surface area (Å²) in [6.07, 6.45) is -3.66. The molecule has 1 saturated carbocycles. The molecule has 1 aromatic heterocycles. The van der Waals surface area contributed by atoms with Gasteiger partial charge in [0.25, 0.3) is 0 Å². The number of carbonyl (C=O) groups is 1. The summed E-state index contributed by atoms with van der Waals surface area (Å²) in [6.45, 7) is 0.0797. The van der Waals surface area contributed by atoms with E-state index in [0.29, 0.717) is 29.2 Å². The molecule has 31 heavy (non-hydrogen) atoms. The molecule has 0 bridgehead atoms. The molecule has 3 aromatic rings. The maximum absolute atomic E-state index is 13.2. The normalized spacial score (nSPS) is 14.9. The zero-order valence-corrected chi connectivity index (χ0v) is 18.1. The van der Waals surface area contributed by atoms with Gasteiger partial charge < -0.3 is 9.47 Å². The molecule has 0 N–H and O–H groups in total. The van der Waals surface area contributed by atoms with Gasteiger partial charge in [0.2, 0.25) is 0 Å². The van der Waals surface area contributed by atoms with E-state index in [-0.39, 0.29) is 22.6 Å². The minimum atomic E-state index is -4.52. The van der Waals surface area contributed by atoms with Crippen molar-refractivity contribution < 1.29 is 31.8 Å². The second-order valence-electron chi connectivity index (χ2n) is 6.95. The van der Waals surface area contributed by atoms with Crippen LogP contribution in [0.25, 0.3) is 0 Å². The number of hydrogen-bond acceptors (Lipinski definition) is 5. The Morgan fingerprint density at radius 1 is 1.16 bits per heavy atom. The third-order valence-corrected chi connectivity index (χ3v) is 6.24. The zero-order chi connectivity index (χ0) is 22.2. The third-order valence-electron chi connectivity index (χ3n) is 4.73. The van der Waals surface area contributed by atoms with Crippen LogP contribution in [0.2, 0.25) is 0 Å². The van der Waals surface area contributed by atoms with Gasteiger partial charge in [-0.05, 0) is 54.8 Å². The molecule has 0 unspecified atom stereocenters. The number of esters is 1. The number of aromatic nitrogens is 1. The van der Waals surface area contributed by atoms with Crippen molar-refractivity contribution >= 4 is 33.2 Å². The molecule has 1 aliphatic carbocycles. The summed E-state index contributed by atoms with van der Waals surface area (Å²) in [6, 6.07) is 9.31. The van der Waals surface area contributed by atoms with Crippen molar-refractivity contribution in [1.82, 2.24) is 4.98 Å². The van der Waals surface area contributed by atoms with Gasteiger partial charge in [0.05, 0.1) is 5.56 Å². The van der Waals surface area contributed by atoms with Gasteiger partial charge in [-0.25, -0.2) is 14.2 Å². The van der Waals surface area contributed by atoms with E-state index in [4.69, 9.17) is 9.47 Å². The van der Waals surface area contributed by atoms with Crippen LogP contribution < -0.4 is 4.74 Å². The van der Waals surface area contributed by atoms with Gasteiger partial charge in [0, 0.05) is 9.85 Å². The summed E-state index contributed by atoms with van der Waals surface area (Å²) >= 11 is 4.10. The highest BCUT2D eigenvalue weighted by Gasteiger charge is 2.50. The lowest BCUT2D eigenvalue weighted by Crippen LogP contribution is -2.19. The summed E-state index contributed by atoms with van der Waals surface area (Å²) in [5, 5.41) is 2.01. The number of ether oxygens (including phenoxy) is 2. The fourth-order valence-electron chi connectivity index (χ4n) is 2.97. The highest BCUT2D eigenvalue weighted by atomic mass is 79.9. The van der Waals surface area contributed by atoms with Gasteiger partial charge in [-0.2, -0.15) is 13.2 Å².